The molecule has 0 aliphatic carbocycles. The van der Waals surface area contributed by atoms with Crippen molar-refractivity contribution in [2.75, 3.05) is 57.3 Å². The number of nitrogens with one attached hydrogen (secondary N) is 1. The average Bonchev–Trinajstić information content (AvgIpc) is 3.22. The van der Waals surface area contributed by atoms with Gasteiger partial charge in [-0.15, -0.1) is 24.0 Å². The summed E-state index contributed by atoms with van der Waals surface area (Å²) in [7, 11) is 0. The third-order valence-electron chi connectivity index (χ3n) is 5.25. The zero-order valence-corrected chi connectivity index (χ0v) is 19.9. The van der Waals surface area contributed by atoms with Gasteiger partial charge >= 0.3 is 0 Å². The summed E-state index contributed by atoms with van der Waals surface area (Å²) in [5, 5.41) is 4.11. The van der Waals surface area contributed by atoms with E-state index in [1.807, 2.05) is 17.0 Å². The third kappa shape index (κ3) is 5.89. The standard InChI is InChI=1S/C20H30ClN5O.HI/c1-3-22-20(23-15-19(27)25-8-4-5-9-25)26-12-10-24(11-13-26)18-14-17(21)7-6-16(18)2;/h6-7,14H,3-5,8-13,15H2,1-2H3,(H,22,23);1H. The van der Waals surface area contributed by atoms with Crippen LogP contribution in [0.3, 0.4) is 0 Å². The third-order valence-corrected chi connectivity index (χ3v) is 5.48. The fraction of sp³-hybridized carbons (Fsp3) is 0.600. The van der Waals surface area contributed by atoms with E-state index in [1.165, 1.54) is 11.3 Å². The molecule has 28 heavy (non-hydrogen) atoms. The Hall–Kier alpha value is -1.22. The number of anilines is 1. The number of carbonyl (C=O) groups is 1. The van der Waals surface area contributed by atoms with Crippen molar-refractivity contribution < 1.29 is 4.79 Å². The molecule has 2 aliphatic rings. The molecule has 0 radical (unpaired) electrons. The second-order valence-corrected chi connectivity index (χ2v) is 7.60. The number of aliphatic imine (C=N–C) groups is 1. The van der Waals surface area contributed by atoms with Gasteiger partial charge in [-0.05, 0) is 44.4 Å². The summed E-state index contributed by atoms with van der Waals surface area (Å²) in [5.74, 6) is 0.976. The van der Waals surface area contributed by atoms with Crippen LogP contribution in [-0.2, 0) is 4.79 Å². The largest absolute Gasteiger partial charge is 0.368 e. The maximum atomic E-state index is 12.3. The summed E-state index contributed by atoms with van der Waals surface area (Å²) >= 11 is 6.18. The van der Waals surface area contributed by atoms with Gasteiger partial charge in [-0.3, -0.25) is 4.79 Å². The van der Waals surface area contributed by atoms with Crippen molar-refractivity contribution in [3.8, 4) is 0 Å². The SMILES string of the molecule is CCNC(=NCC(=O)N1CCCC1)N1CCN(c2cc(Cl)ccc2C)CC1.I. The number of likely N-dealkylation sites (tertiary alicyclic amines) is 1. The van der Waals surface area contributed by atoms with Crippen molar-refractivity contribution >= 4 is 53.1 Å². The Labute approximate surface area is 190 Å². The number of rotatable bonds is 4. The van der Waals surface area contributed by atoms with E-state index in [2.05, 4.69) is 40.0 Å². The Morgan fingerprint density at radius 1 is 1.11 bits per heavy atom. The maximum absolute atomic E-state index is 12.3. The lowest BCUT2D eigenvalue weighted by molar-refractivity contribution is -0.128. The van der Waals surface area contributed by atoms with Gasteiger partial charge in [-0.1, -0.05) is 17.7 Å². The number of guanidine groups is 1. The average molecular weight is 520 g/mol. The number of piperazine rings is 1. The highest BCUT2D eigenvalue weighted by Gasteiger charge is 2.22. The highest BCUT2D eigenvalue weighted by atomic mass is 127. The molecule has 1 N–H and O–H groups in total. The Kier molecular flexibility index (Phi) is 9.14. The van der Waals surface area contributed by atoms with Gasteiger partial charge in [-0.25, -0.2) is 4.99 Å². The zero-order chi connectivity index (χ0) is 19.2. The number of hydrogen-bond acceptors (Lipinski definition) is 3. The van der Waals surface area contributed by atoms with E-state index in [4.69, 9.17) is 11.6 Å². The lowest BCUT2D eigenvalue weighted by Crippen LogP contribution is -2.53. The fourth-order valence-corrected chi connectivity index (χ4v) is 3.88. The Bertz CT molecular complexity index is 685. The van der Waals surface area contributed by atoms with Crippen LogP contribution in [0, 0.1) is 6.92 Å². The van der Waals surface area contributed by atoms with Crippen LogP contribution in [0.5, 0.6) is 0 Å². The van der Waals surface area contributed by atoms with Crippen LogP contribution >= 0.6 is 35.6 Å². The van der Waals surface area contributed by atoms with E-state index >= 15 is 0 Å². The number of aryl methyl sites for hydroxylation is 1. The summed E-state index contributed by atoms with van der Waals surface area (Å²) in [4.78, 5) is 23.4. The first kappa shape index (κ1) is 23.1. The molecule has 1 amide bonds. The summed E-state index contributed by atoms with van der Waals surface area (Å²) in [6.07, 6.45) is 2.22. The van der Waals surface area contributed by atoms with Crippen molar-refractivity contribution in [3.05, 3.63) is 28.8 Å². The van der Waals surface area contributed by atoms with Crippen molar-refractivity contribution in [1.29, 1.82) is 0 Å². The minimum atomic E-state index is 0. The molecule has 3 rings (SSSR count). The van der Waals surface area contributed by atoms with E-state index in [-0.39, 0.29) is 36.4 Å². The molecular weight excluding hydrogens is 489 g/mol. The zero-order valence-electron chi connectivity index (χ0n) is 16.8. The van der Waals surface area contributed by atoms with Gasteiger partial charge in [0.2, 0.25) is 5.91 Å². The number of amides is 1. The molecule has 0 spiro atoms. The Balaban J connectivity index is 0.00000280. The van der Waals surface area contributed by atoms with Crippen LogP contribution in [-0.4, -0.2) is 74.0 Å². The van der Waals surface area contributed by atoms with Crippen LogP contribution in [0.4, 0.5) is 5.69 Å². The van der Waals surface area contributed by atoms with Crippen molar-refractivity contribution in [2.24, 2.45) is 4.99 Å². The second-order valence-electron chi connectivity index (χ2n) is 7.16. The van der Waals surface area contributed by atoms with Gasteiger partial charge in [-0.2, -0.15) is 0 Å². The summed E-state index contributed by atoms with van der Waals surface area (Å²) in [6.45, 7) is 10.5. The molecule has 0 atom stereocenters. The molecule has 2 fully saturated rings. The van der Waals surface area contributed by atoms with Crippen LogP contribution in [0.25, 0.3) is 0 Å². The molecule has 2 saturated heterocycles. The molecule has 8 heteroatoms. The first-order chi connectivity index (χ1) is 13.1. The number of halogens is 2. The molecule has 0 unspecified atom stereocenters. The van der Waals surface area contributed by atoms with Crippen LogP contribution in [0.15, 0.2) is 23.2 Å². The molecular formula is C20H31ClIN5O. The van der Waals surface area contributed by atoms with Crippen molar-refractivity contribution in [3.63, 3.8) is 0 Å². The molecule has 156 valence electrons. The van der Waals surface area contributed by atoms with Gasteiger partial charge in [0.15, 0.2) is 5.96 Å². The normalized spacial score (nSPS) is 17.5. The van der Waals surface area contributed by atoms with E-state index in [9.17, 15) is 4.79 Å². The quantitative estimate of drug-likeness (QED) is 0.378. The summed E-state index contributed by atoms with van der Waals surface area (Å²) < 4.78 is 0. The van der Waals surface area contributed by atoms with Crippen LogP contribution < -0.4 is 10.2 Å². The van der Waals surface area contributed by atoms with Gasteiger partial charge in [0.05, 0.1) is 0 Å². The van der Waals surface area contributed by atoms with Gasteiger partial charge < -0.3 is 20.0 Å². The van der Waals surface area contributed by atoms with E-state index in [1.54, 1.807) is 0 Å². The Morgan fingerprint density at radius 2 is 1.79 bits per heavy atom. The van der Waals surface area contributed by atoms with Crippen molar-refractivity contribution in [2.45, 2.75) is 26.7 Å². The first-order valence-electron chi connectivity index (χ1n) is 9.90. The monoisotopic (exact) mass is 519 g/mol. The van der Waals surface area contributed by atoms with Crippen LogP contribution in [0.2, 0.25) is 5.02 Å². The molecule has 1 aromatic carbocycles. The minimum Gasteiger partial charge on any atom is -0.368 e. The van der Waals surface area contributed by atoms with E-state index in [0.29, 0.717) is 0 Å². The maximum Gasteiger partial charge on any atom is 0.244 e. The Morgan fingerprint density at radius 3 is 2.43 bits per heavy atom. The molecule has 0 aromatic heterocycles. The molecule has 1 aromatic rings. The molecule has 6 nitrogen and oxygen atoms in total. The summed E-state index contributed by atoms with van der Waals surface area (Å²) in [6, 6.07) is 6.05. The van der Waals surface area contributed by atoms with Crippen molar-refractivity contribution in [1.82, 2.24) is 15.1 Å². The lowest BCUT2D eigenvalue weighted by Gasteiger charge is -2.38. The lowest BCUT2D eigenvalue weighted by atomic mass is 10.1. The smallest absolute Gasteiger partial charge is 0.244 e. The van der Waals surface area contributed by atoms with Crippen LogP contribution in [0.1, 0.15) is 25.3 Å². The molecule has 0 bridgehead atoms. The molecule has 2 heterocycles. The highest BCUT2D eigenvalue weighted by molar-refractivity contribution is 14.0. The van der Waals surface area contributed by atoms with E-state index < -0.39 is 0 Å². The fourth-order valence-electron chi connectivity index (χ4n) is 3.72. The van der Waals surface area contributed by atoms with Gasteiger partial charge in [0, 0.05) is 56.5 Å². The highest BCUT2D eigenvalue weighted by Crippen LogP contribution is 2.25. The second kappa shape index (κ2) is 11.1. The van der Waals surface area contributed by atoms with E-state index in [0.717, 1.165) is 69.6 Å². The molecule has 2 aliphatic heterocycles. The summed E-state index contributed by atoms with van der Waals surface area (Å²) in [5.41, 5.74) is 2.44. The number of hydrogen-bond donors (Lipinski definition) is 1. The predicted octanol–water partition coefficient (Wildman–Crippen LogP) is 2.98. The molecule has 0 saturated carbocycles. The van der Waals surface area contributed by atoms with Gasteiger partial charge in [0.1, 0.15) is 6.54 Å². The first-order valence-corrected chi connectivity index (χ1v) is 10.3. The minimum absolute atomic E-state index is 0. The topological polar surface area (TPSA) is 51.2 Å². The number of benzene rings is 1. The van der Waals surface area contributed by atoms with Gasteiger partial charge in [0.25, 0.3) is 0 Å². The predicted molar refractivity (Wildman–Crippen MR) is 127 cm³/mol. The number of nitrogens with zero attached hydrogens (tertiary/aromatic N) is 4. The number of carbonyl (C=O) groups excluding carboxylic acids is 1.